The van der Waals surface area contributed by atoms with Crippen LogP contribution in [0.3, 0.4) is 0 Å². The van der Waals surface area contributed by atoms with Crippen LogP contribution in [0.2, 0.25) is 0 Å². The van der Waals surface area contributed by atoms with E-state index < -0.39 is 0 Å². The second-order valence-electron chi connectivity index (χ2n) is 4.49. The summed E-state index contributed by atoms with van der Waals surface area (Å²) < 4.78 is 2.58. The van der Waals surface area contributed by atoms with Crippen LogP contribution in [0.1, 0.15) is 30.3 Å². The number of nitrogens with one attached hydrogen (secondary N) is 1. The first-order valence-electron chi connectivity index (χ1n) is 6.58. The lowest BCUT2D eigenvalue weighted by molar-refractivity contribution is 0.674. The molecule has 0 saturated heterocycles. The standard InChI is InChI=1S/C15H14BrN5/c1-2-5-19-9-11-3-4-12(6-13(11)16)21-10-20-14(7-17)15(21)8-18/h3-4,6,10,19H,2,5,9H2,1H3. The first kappa shape index (κ1) is 15.2. The van der Waals surface area contributed by atoms with Crippen molar-refractivity contribution in [2.24, 2.45) is 0 Å². The summed E-state index contributed by atoms with van der Waals surface area (Å²) in [6.45, 7) is 3.88. The van der Waals surface area contributed by atoms with Crippen molar-refractivity contribution in [3.63, 3.8) is 0 Å². The highest BCUT2D eigenvalue weighted by atomic mass is 79.9. The van der Waals surface area contributed by atoms with Gasteiger partial charge in [0.2, 0.25) is 0 Å². The molecule has 0 aliphatic rings. The molecule has 21 heavy (non-hydrogen) atoms. The molecule has 5 nitrogen and oxygen atoms in total. The van der Waals surface area contributed by atoms with Crippen LogP contribution in [0.4, 0.5) is 0 Å². The highest BCUT2D eigenvalue weighted by molar-refractivity contribution is 9.10. The van der Waals surface area contributed by atoms with Gasteiger partial charge in [0.15, 0.2) is 11.4 Å². The van der Waals surface area contributed by atoms with E-state index in [0.29, 0.717) is 0 Å². The van der Waals surface area contributed by atoms with E-state index in [9.17, 15) is 0 Å². The predicted molar refractivity (Wildman–Crippen MR) is 82.7 cm³/mol. The zero-order chi connectivity index (χ0) is 15.2. The summed E-state index contributed by atoms with van der Waals surface area (Å²) >= 11 is 3.55. The normalized spacial score (nSPS) is 10.1. The number of halogens is 1. The van der Waals surface area contributed by atoms with E-state index in [1.807, 2.05) is 30.3 Å². The molecule has 1 aromatic carbocycles. The molecule has 0 radical (unpaired) electrons. The summed E-state index contributed by atoms with van der Waals surface area (Å²) in [6, 6.07) is 9.77. The predicted octanol–water partition coefficient (Wildman–Crippen LogP) is 2.88. The summed E-state index contributed by atoms with van der Waals surface area (Å²) in [5, 5.41) is 21.4. The average molecular weight is 344 g/mol. The quantitative estimate of drug-likeness (QED) is 0.846. The first-order valence-corrected chi connectivity index (χ1v) is 7.37. The van der Waals surface area contributed by atoms with Crippen molar-refractivity contribution in [1.29, 1.82) is 10.5 Å². The molecule has 0 aliphatic heterocycles. The number of hydrogen-bond donors (Lipinski definition) is 1. The van der Waals surface area contributed by atoms with Crippen molar-refractivity contribution in [2.45, 2.75) is 19.9 Å². The average Bonchev–Trinajstić information content (AvgIpc) is 2.92. The number of benzene rings is 1. The second kappa shape index (κ2) is 7.03. The molecule has 0 saturated carbocycles. The molecule has 0 aliphatic carbocycles. The minimum Gasteiger partial charge on any atom is -0.313 e. The highest BCUT2D eigenvalue weighted by Crippen LogP contribution is 2.22. The van der Waals surface area contributed by atoms with Crippen LogP contribution >= 0.6 is 15.9 Å². The monoisotopic (exact) mass is 343 g/mol. The smallest absolute Gasteiger partial charge is 0.177 e. The van der Waals surface area contributed by atoms with Gasteiger partial charge in [-0.25, -0.2) is 4.98 Å². The Balaban J connectivity index is 2.31. The van der Waals surface area contributed by atoms with Crippen LogP contribution in [-0.2, 0) is 6.54 Å². The Labute approximate surface area is 132 Å². The molecule has 2 rings (SSSR count). The van der Waals surface area contributed by atoms with Gasteiger partial charge in [-0.3, -0.25) is 4.57 Å². The molecule has 1 N–H and O–H groups in total. The summed E-state index contributed by atoms with van der Waals surface area (Å²) in [5.41, 5.74) is 2.33. The zero-order valence-electron chi connectivity index (χ0n) is 11.6. The van der Waals surface area contributed by atoms with E-state index >= 15 is 0 Å². The largest absolute Gasteiger partial charge is 0.313 e. The molecule has 6 heteroatoms. The Morgan fingerprint density at radius 3 is 2.76 bits per heavy atom. The van der Waals surface area contributed by atoms with E-state index in [2.05, 4.69) is 33.2 Å². The lowest BCUT2D eigenvalue weighted by Crippen LogP contribution is -2.14. The Kier molecular flexibility index (Phi) is 5.10. The van der Waals surface area contributed by atoms with Crippen LogP contribution in [0.5, 0.6) is 0 Å². The third-order valence-electron chi connectivity index (χ3n) is 3.04. The Morgan fingerprint density at radius 1 is 1.33 bits per heavy atom. The fourth-order valence-corrected chi connectivity index (χ4v) is 2.47. The van der Waals surface area contributed by atoms with Gasteiger partial charge in [0, 0.05) is 16.7 Å². The van der Waals surface area contributed by atoms with E-state index in [4.69, 9.17) is 10.5 Å². The van der Waals surface area contributed by atoms with Gasteiger partial charge < -0.3 is 5.32 Å². The lowest BCUT2D eigenvalue weighted by atomic mass is 10.2. The number of hydrogen-bond acceptors (Lipinski definition) is 4. The van der Waals surface area contributed by atoms with Crippen molar-refractivity contribution in [1.82, 2.24) is 14.9 Å². The molecule has 0 bridgehead atoms. The highest BCUT2D eigenvalue weighted by Gasteiger charge is 2.12. The van der Waals surface area contributed by atoms with Gasteiger partial charge in [-0.2, -0.15) is 10.5 Å². The summed E-state index contributed by atoms with van der Waals surface area (Å²) in [7, 11) is 0. The lowest BCUT2D eigenvalue weighted by Gasteiger charge is -2.09. The molecule has 1 heterocycles. The van der Waals surface area contributed by atoms with E-state index in [-0.39, 0.29) is 11.4 Å². The summed E-state index contributed by atoms with van der Waals surface area (Å²) in [5.74, 6) is 0. The fraction of sp³-hybridized carbons (Fsp3) is 0.267. The topological polar surface area (TPSA) is 77.4 Å². The molecular weight excluding hydrogens is 330 g/mol. The molecule has 0 spiro atoms. The number of aromatic nitrogens is 2. The second-order valence-corrected chi connectivity index (χ2v) is 5.34. The summed E-state index contributed by atoms with van der Waals surface area (Å²) in [4.78, 5) is 3.95. The maximum absolute atomic E-state index is 9.16. The van der Waals surface area contributed by atoms with E-state index in [1.54, 1.807) is 4.57 Å². The zero-order valence-corrected chi connectivity index (χ0v) is 13.2. The summed E-state index contributed by atoms with van der Waals surface area (Å²) in [6.07, 6.45) is 2.58. The van der Waals surface area contributed by atoms with E-state index in [1.165, 1.54) is 6.33 Å². The van der Waals surface area contributed by atoms with Gasteiger partial charge in [0.25, 0.3) is 0 Å². The molecule has 1 aromatic heterocycles. The maximum Gasteiger partial charge on any atom is 0.177 e. The third kappa shape index (κ3) is 3.30. The van der Waals surface area contributed by atoms with Gasteiger partial charge >= 0.3 is 0 Å². The Hall–Kier alpha value is -2.15. The van der Waals surface area contributed by atoms with Gasteiger partial charge in [0.1, 0.15) is 18.5 Å². The Bertz CT molecular complexity index is 721. The van der Waals surface area contributed by atoms with Crippen LogP contribution in [0, 0.1) is 22.7 Å². The Morgan fingerprint density at radius 2 is 2.14 bits per heavy atom. The number of rotatable bonds is 5. The molecule has 0 amide bonds. The van der Waals surface area contributed by atoms with Crippen LogP contribution in [0.15, 0.2) is 29.0 Å². The first-order chi connectivity index (χ1) is 10.2. The van der Waals surface area contributed by atoms with Crippen molar-refractivity contribution in [2.75, 3.05) is 6.54 Å². The maximum atomic E-state index is 9.16. The molecular formula is C15H14BrN5. The minimum absolute atomic E-state index is 0.141. The van der Waals surface area contributed by atoms with Gasteiger partial charge in [-0.15, -0.1) is 0 Å². The van der Waals surface area contributed by atoms with Crippen molar-refractivity contribution >= 4 is 15.9 Å². The van der Waals surface area contributed by atoms with Crippen molar-refractivity contribution in [3.8, 4) is 17.8 Å². The molecule has 0 atom stereocenters. The number of nitriles is 2. The van der Waals surface area contributed by atoms with Crippen LogP contribution in [0.25, 0.3) is 5.69 Å². The van der Waals surface area contributed by atoms with Crippen molar-refractivity contribution in [3.05, 3.63) is 46.0 Å². The molecule has 0 fully saturated rings. The minimum atomic E-state index is 0.141. The third-order valence-corrected chi connectivity index (χ3v) is 3.77. The van der Waals surface area contributed by atoms with E-state index in [0.717, 1.165) is 35.2 Å². The SMILES string of the molecule is CCCNCc1ccc(-n2cnc(C#N)c2C#N)cc1Br. The van der Waals surface area contributed by atoms with Gasteiger partial charge in [0.05, 0.1) is 0 Å². The van der Waals surface area contributed by atoms with Gasteiger partial charge in [-0.05, 0) is 30.7 Å². The number of imidazole rings is 1. The molecule has 0 unspecified atom stereocenters. The van der Waals surface area contributed by atoms with Crippen LogP contribution < -0.4 is 5.32 Å². The number of nitrogens with zero attached hydrogens (tertiary/aromatic N) is 4. The van der Waals surface area contributed by atoms with Gasteiger partial charge in [-0.1, -0.05) is 28.9 Å². The van der Waals surface area contributed by atoms with Crippen molar-refractivity contribution < 1.29 is 0 Å². The fourth-order valence-electron chi connectivity index (χ4n) is 1.96. The molecule has 106 valence electrons. The molecule has 2 aromatic rings. The van der Waals surface area contributed by atoms with Crippen LogP contribution in [-0.4, -0.2) is 16.1 Å².